The van der Waals surface area contributed by atoms with Crippen molar-refractivity contribution in [1.29, 1.82) is 0 Å². The van der Waals surface area contributed by atoms with Crippen molar-refractivity contribution in [3.8, 4) is 0 Å². The Morgan fingerprint density at radius 1 is 0.427 bits per heavy atom. The summed E-state index contributed by atoms with van der Waals surface area (Å²) in [5, 5.41) is 3.05. The number of phosphoric acid groups is 1. The molecule has 484 valence electrons. The van der Waals surface area contributed by atoms with Gasteiger partial charge in [-0.25, -0.2) is 0 Å². The second-order valence-corrected chi connectivity index (χ2v) is 27.2. The Labute approximate surface area is 510 Å². The third kappa shape index (κ3) is 62.8. The maximum atomic E-state index is 13.6. The number of nitrogens with one attached hydrogen (secondary N) is 1. The SMILES string of the molecule is CCCCC/C=C\C/C=C\CCCCCCCCCCCCCCCC(=O)NC(COP(=O)([O-])OCC[N+](C)(C)C)C(/C=C/CCCCCCCCCCCC)OC(=O)CCCCCCCCCCCCCCCCCCCCCCC. The van der Waals surface area contributed by atoms with Crippen LogP contribution in [0, 0.1) is 0 Å². The third-order valence-electron chi connectivity index (χ3n) is 16.3. The van der Waals surface area contributed by atoms with Crippen LogP contribution in [0.5, 0.6) is 0 Å². The first-order valence-electron chi connectivity index (χ1n) is 35.8. The molecule has 0 aromatic carbocycles. The fraction of sp³-hybridized carbons (Fsp3) is 0.889. The molecule has 10 heteroatoms. The predicted octanol–water partition coefficient (Wildman–Crippen LogP) is 22.0. The van der Waals surface area contributed by atoms with Gasteiger partial charge in [-0.1, -0.05) is 321 Å². The van der Waals surface area contributed by atoms with Crippen molar-refractivity contribution in [3.63, 3.8) is 0 Å². The van der Waals surface area contributed by atoms with Crippen LogP contribution in [0.3, 0.4) is 0 Å². The second-order valence-electron chi connectivity index (χ2n) is 25.7. The van der Waals surface area contributed by atoms with Crippen LogP contribution in [0.15, 0.2) is 36.5 Å². The van der Waals surface area contributed by atoms with Gasteiger partial charge in [-0.15, -0.1) is 0 Å². The number of esters is 1. The molecule has 0 aromatic heterocycles. The maximum Gasteiger partial charge on any atom is 0.306 e. The van der Waals surface area contributed by atoms with E-state index < -0.39 is 20.0 Å². The molecule has 3 atom stereocenters. The standard InChI is InChI=1S/C72H139N2O7P/c1-7-10-13-16-19-22-25-28-30-32-34-36-37-39-40-42-44-46-49-52-55-58-61-64-71(75)73-69(68-80-82(77,78)79-67-66-74(4,5)6)70(63-60-57-54-51-48-27-24-21-18-15-12-9-3)81-72(76)65-62-59-56-53-50-47-45-43-41-38-35-33-31-29-26-23-20-17-14-11-8-2/h19,22,28,30,60,63,69-70H,7-18,20-21,23-27,29,31-59,61-62,64-68H2,1-6H3,(H-,73,75,77,78)/b22-19-,30-28-,63-60+. The highest BCUT2D eigenvalue weighted by molar-refractivity contribution is 7.45. The molecule has 0 aliphatic rings. The molecule has 9 nitrogen and oxygen atoms in total. The van der Waals surface area contributed by atoms with Gasteiger partial charge in [-0.2, -0.15) is 0 Å². The maximum absolute atomic E-state index is 13.6. The molecule has 0 fully saturated rings. The molecule has 0 aromatic rings. The van der Waals surface area contributed by atoms with E-state index in [0.29, 0.717) is 17.4 Å². The van der Waals surface area contributed by atoms with Crippen molar-refractivity contribution < 1.29 is 37.3 Å². The minimum atomic E-state index is -4.70. The normalized spacial score (nSPS) is 13.7. The van der Waals surface area contributed by atoms with Crippen LogP contribution in [0.2, 0.25) is 0 Å². The molecule has 0 saturated carbocycles. The molecule has 0 bridgehead atoms. The van der Waals surface area contributed by atoms with Gasteiger partial charge in [-0.3, -0.25) is 14.2 Å². The molecule has 3 unspecified atom stereocenters. The summed E-state index contributed by atoms with van der Waals surface area (Å²) < 4.78 is 30.5. The van der Waals surface area contributed by atoms with E-state index in [0.717, 1.165) is 64.2 Å². The van der Waals surface area contributed by atoms with E-state index in [1.165, 1.54) is 263 Å². The average Bonchev–Trinajstić information content (AvgIpc) is 3.47. The highest BCUT2D eigenvalue weighted by Crippen LogP contribution is 2.38. The lowest BCUT2D eigenvalue weighted by molar-refractivity contribution is -0.870. The van der Waals surface area contributed by atoms with Gasteiger partial charge >= 0.3 is 5.97 Å². The highest BCUT2D eigenvalue weighted by Gasteiger charge is 2.27. The fourth-order valence-electron chi connectivity index (χ4n) is 10.8. The van der Waals surface area contributed by atoms with E-state index in [4.69, 9.17) is 13.8 Å². The Kier molecular flexibility index (Phi) is 60.9. The molecular weight excluding hydrogens is 1040 g/mol. The van der Waals surface area contributed by atoms with Crippen LogP contribution < -0.4 is 10.2 Å². The Balaban J connectivity index is 5.04. The molecule has 1 amide bonds. The molecule has 0 rings (SSSR count). The van der Waals surface area contributed by atoms with E-state index in [2.05, 4.69) is 50.4 Å². The number of rotatable bonds is 66. The second kappa shape index (κ2) is 62.3. The Hall–Kier alpha value is -1.77. The zero-order valence-electron chi connectivity index (χ0n) is 55.5. The number of carbonyl (C=O) groups excluding carboxylic acids is 2. The van der Waals surface area contributed by atoms with Gasteiger partial charge in [0.05, 0.1) is 33.8 Å². The third-order valence-corrected chi connectivity index (χ3v) is 17.3. The van der Waals surface area contributed by atoms with Crippen LogP contribution in [0.1, 0.15) is 361 Å². The molecule has 1 N–H and O–H groups in total. The quantitative estimate of drug-likeness (QED) is 0.0212. The number of quaternary nitrogens is 1. The van der Waals surface area contributed by atoms with Crippen LogP contribution in [-0.4, -0.2) is 69.4 Å². The van der Waals surface area contributed by atoms with Gasteiger partial charge in [0.25, 0.3) is 7.82 Å². The zero-order valence-corrected chi connectivity index (χ0v) is 56.4. The van der Waals surface area contributed by atoms with Crippen molar-refractivity contribution in [2.24, 2.45) is 0 Å². The van der Waals surface area contributed by atoms with Gasteiger partial charge in [0.2, 0.25) is 5.91 Å². The van der Waals surface area contributed by atoms with Gasteiger partial charge < -0.3 is 28.5 Å². The molecule has 0 spiro atoms. The van der Waals surface area contributed by atoms with E-state index in [1.807, 2.05) is 33.3 Å². The number of allylic oxidation sites excluding steroid dienone is 5. The molecule has 0 saturated heterocycles. The Morgan fingerprint density at radius 2 is 0.744 bits per heavy atom. The number of nitrogens with zero attached hydrogens (tertiary/aromatic N) is 1. The van der Waals surface area contributed by atoms with E-state index in [9.17, 15) is 19.0 Å². The largest absolute Gasteiger partial charge is 0.756 e. The number of phosphoric ester groups is 1. The molecular formula is C72H139N2O7P. The summed E-state index contributed by atoms with van der Waals surface area (Å²) in [4.78, 5) is 40.2. The molecule has 0 aliphatic heterocycles. The summed E-state index contributed by atoms with van der Waals surface area (Å²) in [6.07, 6.45) is 76.9. The van der Waals surface area contributed by atoms with Gasteiger partial charge in [0.1, 0.15) is 19.3 Å². The number of carbonyl (C=O) groups is 2. The van der Waals surface area contributed by atoms with Crippen LogP contribution in [0.4, 0.5) is 0 Å². The topological polar surface area (TPSA) is 114 Å². The first-order valence-corrected chi connectivity index (χ1v) is 37.3. The number of unbranched alkanes of at least 4 members (excludes halogenated alkanes) is 46. The summed E-state index contributed by atoms with van der Waals surface area (Å²) >= 11 is 0. The van der Waals surface area contributed by atoms with E-state index >= 15 is 0 Å². The molecule has 82 heavy (non-hydrogen) atoms. The lowest BCUT2D eigenvalue weighted by Crippen LogP contribution is -2.47. The Morgan fingerprint density at radius 3 is 1.12 bits per heavy atom. The van der Waals surface area contributed by atoms with Crippen molar-refractivity contribution in [1.82, 2.24) is 5.32 Å². The first-order chi connectivity index (χ1) is 39.9. The average molecular weight is 1180 g/mol. The predicted molar refractivity (Wildman–Crippen MR) is 353 cm³/mol. The van der Waals surface area contributed by atoms with Crippen molar-refractivity contribution in [2.45, 2.75) is 373 Å². The van der Waals surface area contributed by atoms with Gasteiger partial charge in [0, 0.05) is 12.8 Å². The van der Waals surface area contributed by atoms with Crippen molar-refractivity contribution in [2.75, 3.05) is 40.9 Å². The number of ether oxygens (including phenoxy) is 1. The number of hydrogen-bond donors (Lipinski definition) is 1. The van der Waals surface area contributed by atoms with E-state index in [1.54, 1.807) is 0 Å². The number of hydrogen-bond acceptors (Lipinski definition) is 7. The monoisotopic (exact) mass is 1180 g/mol. The smallest absolute Gasteiger partial charge is 0.306 e. The number of amides is 1. The summed E-state index contributed by atoms with van der Waals surface area (Å²) in [6.45, 7) is 6.88. The highest BCUT2D eigenvalue weighted by atomic mass is 31.2. The first kappa shape index (κ1) is 80.2. The lowest BCUT2D eigenvalue weighted by atomic mass is 10.0. The van der Waals surface area contributed by atoms with E-state index in [-0.39, 0.29) is 31.5 Å². The van der Waals surface area contributed by atoms with Gasteiger partial charge in [-0.05, 0) is 63.9 Å². The fourth-order valence-corrected chi connectivity index (χ4v) is 11.5. The van der Waals surface area contributed by atoms with Crippen molar-refractivity contribution >= 4 is 19.7 Å². The Bertz CT molecular complexity index is 1500. The molecule has 0 aliphatic carbocycles. The van der Waals surface area contributed by atoms with Crippen LogP contribution >= 0.6 is 7.82 Å². The minimum absolute atomic E-state index is 0.0193. The van der Waals surface area contributed by atoms with Gasteiger partial charge in [0.15, 0.2) is 0 Å². The number of likely N-dealkylation sites (N-methyl/N-ethyl adjacent to an activating group) is 1. The lowest BCUT2D eigenvalue weighted by Gasteiger charge is -2.30. The summed E-state index contributed by atoms with van der Waals surface area (Å²) in [5.74, 6) is -0.521. The minimum Gasteiger partial charge on any atom is -0.756 e. The van der Waals surface area contributed by atoms with Crippen LogP contribution in [0.25, 0.3) is 0 Å². The summed E-state index contributed by atoms with van der Waals surface area (Å²) in [5.41, 5.74) is 0. The summed E-state index contributed by atoms with van der Waals surface area (Å²) in [6, 6.07) is -0.885. The summed E-state index contributed by atoms with van der Waals surface area (Å²) in [7, 11) is 1.20. The zero-order chi connectivity index (χ0) is 60.0. The van der Waals surface area contributed by atoms with Crippen LogP contribution in [-0.2, 0) is 27.9 Å². The van der Waals surface area contributed by atoms with Crippen molar-refractivity contribution in [3.05, 3.63) is 36.5 Å². The molecule has 0 radical (unpaired) electrons. The molecule has 0 heterocycles.